The summed E-state index contributed by atoms with van der Waals surface area (Å²) in [6.45, 7) is -0.0694. The number of amides is 1. The van der Waals surface area contributed by atoms with Crippen molar-refractivity contribution < 1.29 is 9.53 Å². The van der Waals surface area contributed by atoms with Crippen molar-refractivity contribution in [3.8, 4) is 5.75 Å². The van der Waals surface area contributed by atoms with Crippen molar-refractivity contribution in [2.75, 3.05) is 6.61 Å². The fourth-order valence-electron chi connectivity index (χ4n) is 0.711. The zero-order chi connectivity index (χ0) is 8.97. The van der Waals surface area contributed by atoms with Crippen LogP contribution in [0.5, 0.6) is 5.75 Å². The topological polar surface area (TPSA) is 52.3 Å². The van der Waals surface area contributed by atoms with Crippen molar-refractivity contribution in [1.82, 2.24) is 0 Å². The highest BCUT2D eigenvalue weighted by molar-refractivity contribution is 14.1. The third kappa shape index (κ3) is 3.08. The normalized spacial score (nSPS) is 9.42. The number of hydrogen-bond acceptors (Lipinski definition) is 2. The SMILES string of the molecule is NC(=O)COc1cccc(I)c1. The molecule has 1 aromatic rings. The number of carbonyl (C=O) groups is 1. The lowest BCUT2D eigenvalue weighted by Gasteiger charge is -2.02. The van der Waals surface area contributed by atoms with E-state index in [1.807, 2.05) is 18.2 Å². The molecule has 64 valence electrons. The van der Waals surface area contributed by atoms with Crippen molar-refractivity contribution in [3.63, 3.8) is 0 Å². The van der Waals surface area contributed by atoms with Crippen molar-refractivity contribution in [3.05, 3.63) is 27.8 Å². The van der Waals surface area contributed by atoms with Gasteiger partial charge in [-0.1, -0.05) is 6.07 Å². The minimum Gasteiger partial charge on any atom is -0.484 e. The van der Waals surface area contributed by atoms with E-state index in [0.717, 1.165) is 3.57 Å². The number of rotatable bonds is 3. The number of halogens is 1. The Morgan fingerprint density at radius 2 is 2.33 bits per heavy atom. The zero-order valence-corrected chi connectivity index (χ0v) is 8.45. The molecule has 1 amide bonds. The second-order valence-corrected chi connectivity index (χ2v) is 3.46. The van der Waals surface area contributed by atoms with Crippen LogP contribution in [0.15, 0.2) is 24.3 Å². The molecule has 0 aliphatic carbocycles. The summed E-state index contributed by atoms with van der Waals surface area (Å²) in [5, 5.41) is 0. The largest absolute Gasteiger partial charge is 0.484 e. The van der Waals surface area contributed by atoms with E-state index in [0.29, 0.717) is 5.75 Å². The van der Waals surface area contributed by atoms with Crippen LogP contribution in [0.3, 0.4) is 0 Å². The maximum atomic E-state index is 10.4. The van der Waals surface area contributed by atoms with Gasteiger partial charge in [-0.25, -0.2) is 0 Å². The Hall–Kier alpha value is -0.780. The Kier molecular flexibility index (Phi) is 3.33. The molecule has 0 aromatic heterocycles. The molecule has 0 spiro atoms. The molecule has 0 saturated carbocycles. The maximum Gasteiger partial charge on any atom is 0.255 e. The van der Waals surface area contributed by atoms with E-state index in [9.17, 15) is 4.79 Å². The summed E-state index contributed by atoms with van der Waals surface area (Å²) in [5.41, 5.74) is 4.91. The van der Waals surface area contributed by atoms with Gasteiger partial charge in [0.1, 0.15) is 5.75 Å². The van der Waals surface area contributed by atoms with Crippen LogP contribution in [0.1, 0.15) is 0 Å². The predicted octanol–water partition coefficient (Wildman–Crippen LogP) is 1.16. The van der Waals surface area contributed by atoms with Gasteiger partial charge in [0.15, 0.2) is 6.61 Å². The first-order valence-electron chi connectivity index (χ1n) is 3.35. The van der Waals surface area contributed by atoms with E-state index in [2.05, 4.69) is 22.6 Å². The lowest BCUT2D eigenvalue weighted by Crippen LogP contribution is -2.19. The van der Waals surface area contributed by atoms with Crippen LogP contribution in [-0.2, 0) is 4.79 Å². The van der Waals surface area contributed by atoms with Gasteiger partial charge in [0.05, 0.1) is 0 Å². The smallest absolute Gasteiger partial charge is 0.255 e. The number of nitrogens with two attached hydrogens (primary N) is 1. The first kappa shape index (κ1) is 9.31. The Morgan fingerprint density at radius 3 is 2.92 bits per heavy atom. The third-order valence-corrected chi connectivity index (χ3v) is 1.85. The Bertz CT molecular complexity index is 288. The summed E-state index contributed by atoms with van der Waals surface area (Å²) in [6, 6.07) is 7.42. The highest BCUT2D eigenvalue weighted by atomic mass is 127. The minimum absolute atomic E-state index is 0.0694. The third-order valence-electron chi connectivity index (χ3n) is 1.18. The monoisotopic (exact) mass is 277 g/mol. The molecule has 0 saturated heterocycles. The second kappa shape index (κ2) is 4.30. The fourth-order valence-corrected chi connectivity index (χ4v) is 1.23. The fraction of sp³-hybridized carbons (Fsp3) is 0.125. The van der Waals surface area contributed by atoms with Crippen LogP contribution >= 0.6 is 22.6 Å². The molecule has 0 atom stereocenters. The Balaban J connectivity index is 2.57. The van der Waals surface area contributed by atoms with Gasteiger partial charge in [0.2, 0.25) is 0 Å². The quantitative estimate of drug-likeness (QED) is 0.843. The molecule has 0 aliphatic heterocycles. The van der Waals surface area contributed by atoms with Gasteiger partial charge in [-0.3, -0.25) is 4.79 Å². The predicted molar refractivity (Wildman–Crippen MR) is 53.8 cm³/mol. The molecule has 0 radical (unpaired) electrons. The number of ether oxygens (including phenoxy) is 1. The van der Waals surface area contributed by atoms with Crippen LogP contribution in [0, 0.1) is 3.57 Å². The minimum atomic E-state index is -0.464. The molecule has 12 heavy (non-hydrogen) atoms. The summed E-state index contributed by atoms with van der Waals surface area (Å²) < 4.78 is 6.13. The van der Waals surface area contributed by atoms with Gasteiger partial charge >= 0.3 is 0 Å². The number of hydrogen-bond donors (Lipinski definition) is 1. The first-order valence-corrected chi connectivity index (χ1v) is 4.43. The van der Waals surface area contributed by atoms with Crippen LogP contribution < -0.4 is 10.5 Å². The van der Waals surface area contributed by atoms with E-state index in [1.165, 1.54) is 0 Å². The van der Waals surface area contributed by atoms with Gasteiger partial charge in [-0.15, -0.1) is 0 Å². The number of carbonyl (C=O) groups excluding carboxylic acids is 1. The Morgan fingerprint density at radius 1 is 1.58 bits per heavy atom. The molecule has 0 aliphatic rings. The van der Waals surface area contributed by atoms with Gasteiger partial charge in [-0.2, -0.15) is 0 Å². The molecular formula is C8H8INO2. The van der Waals surface area contributed by atoms with Gasteiger partial charge in [0, 0.05) is 3.57 Å². The molecule has 0 fully saturated rings. The molecule has 0 unspecified atom stereocenters. The molecular weight excluding hydrogens is 269 g/mol. The molecule has 0 bridgehead atoms. The summed E-state index contributed by atoms with van der Waals surface area (Å²) in [5.74, 6) is 0.203. The van der Waals surface area contributed by atoms with Crippen LogP contribution in [0.2, 0.25) is 0 Å². The number of benzene rings is 1. The van der Waals surface area contributed by atoms with E-state index >= 15 is 0 Å². The lowest BCUT2D eigenvalue weighted by molar-refractivity contribution is -0.119. The van der Waals surface area contributed by atoms with Crippen LogP contribution in [0.25, 0.3) is 0 Å². The average molecular weight is 277 g/mol. The van der Waals surface area contributed by atoms with Crippen molar-refractivity contribution in [2.45, 2.75) is 0 Å². The average Bonchev–Trinajstić information content (AvgIpc) is 2.01. The van der Waals surface area contributed by atoms with Crippen LogP contribution in [-0.4, -0.2) is 12.5 Å². The summed E-state index contributed by atoms with van der Waals surface area (Å²) in [7, 11) is 0. The van der Waals surface area contributed by atoms with E-state index in [1.54, 1.807) is 6.07 Å². The van der Waals surface area contributed by atoms with E-state index in [-0.39, 0.29) is 6.61 Å². The van der Waals surface area contributed by atoms with E-state index in [4.69, 9.17) is 10.5 Å². The van der Waals surface area contributed by atoms with Gasteiger partial charge < -0.3 is 10.5 Å². The first-order chi connectivity index (χ1) is 5.68. The van der Waals surface area contributed by atoms with Crippen molar-refractivity contribution >= 4 is 28.5 Å². The van der Waals surface area contributed by atoms with Crippen molar-refractivity contribution in [2.24, 2.45) is 5.73 Å². The summed E-state index contributed by atoms with van der Waals surface area (Å²) in [6.07, 6.45) is 0. The summed E-state index contributed by atoms with van der Waals surface area (Å²) >= 11 is 2.17. The van der Waals surface area contributed by atoms with Crippen LogP contribution in [0.4, 0.5) is 0 Å². The molecule has 4 heteroatoms. The van der Waals surface area contributed by atoms with Gasteiger partial charge in [-0.05, 0) is 40.8 Å². The lowest BCUT2D eigenvalue weighted by atomic mass is 10.3. The number of primary amides is 1. The molecule has 1 aromatic carbocycles. The maximum absolute atomic E-state index is 10.4. The standard InChI is InChI=1S/C8H8INO2/c9-6-2-1-3-7(4-6)12-5-8(10)11/h1-4H,5H2,(H2,10,11). The summed E-state index contributed by atoms with van der Waals surface area (Å²) in [4.78, 5) is 10.4. The van der Waals surface area contributed by atoms with Gasteiger partial charge in [0.25, 0.3) is 5.91 Å². The Labute approximate surface area is 84.0 Å². The second-order valence-electron chi connectivity index (χ2n) is 2.21. The highest BCUT2D eigenvalue weighted by Gasteiger charge is 1.96. The van der Waals surface area contributed by atoms with Crippen molar-refractivity contribution in [1.29, 1.82) is 0 Å². The molecule has 0 heterocycles. The highest BCUT2D eigenvalue weighted by Crippen LogP contribution is 2.14. The molecule has 3 nitrogen and oxygen atoms in total. The van der Waals surface area contributed by atoms with E-state index < -0.39 is 5.91 Å². The zero-order valence-electron chi connectivity index (χ0n) is 6.29. The molecule has 2 N–H and O–H groups in total. The molecule has 1 rings (SSSR count).